The van der Waals surface area contributed by atoms with Gasteiger partial charge in [-0.15, -0.1) is 0 Å². The van der Waals surface area contributed by atoms with E-state index in [2.05, 4.69) is 5.32 Å². The monoisotopic (exact) mass is 358 g/mol. The molecule has 1 atom stereocenters. The molecular formula is C19H22N2O5. The van der Waals surface area contributed by atoms with Crippen molar-refractivity contribution in [3.63, 3.8) is 0 Å². The minimum atomic E-state index is -0.922. The molecule has 1 N–H and O–H groups in total. The maximum absolute atomic E-state index is 12.4. The molecule has 0 aliphatic heterocycles. The van der Waals surface area contributed by atoms with Gasteiger partial charge in [-0.1, -0.05) is 38.1 Å². The van der Waals surface area contributed by atoms with Gasteiger partial charge in [-0.05, 0) is 31.0 Å². The molecule has 7 nitrogen and oxygen atoms in total. The molecule has 0 saturated heterocycles. The lowest BCUT2D eigenvalue weighted by molar-refractivity contribution is -0.386. The highest BCUT2D eigenvalue weighted by molar-refractivity contribution is 5.95. The third kappa shape index (κ3) is 5.20. The molecule has 0 aliphatic rings. The maximum atomic E-state index is 12.4. The minimum absolute atomic E-state index is 0.0458. The van der Waals surface area contributed by atoms with Gasteiger partial charge in [0.2, 0.25) is 0 Å². The van der Waals surface area contributed by atoms with Crippen molar-refractivity contribution in [3.8, 4) is 11.5 Å². The molecule has 2 aromatic rings. The largest absolute Gasteiger partial charge is 0.491 e. The van der Waals surface area contributed by atoms with Crippen LogP contribution in [0.5, 0.6) is 11.5 Å². The van der Waals surface area contributed by atoms with Crippen LogP contribution in [0.1, 0.15) is 20.8 Å². The number of ether oxygens (including phenoxy) is 2. The van der Waals surface area contributed by atoms with Crippen LogP contribution in [0, 0.1) is 16.0 Å². The number of anilines is 1. The Morgan fingerprint density at radius 2 is 1.69 bits per heavy atom. The molecule has 0 saturated carbocycles. The van der Waals surface area contributed by atoms with Crippen LogP contribution in [0.3, 0.4) is 0 Å². The van der Waals surface area contributed by atoms with Crippen LogP contribution >= 0.6 is 0 Å². The minimum Gasteiger partial charge on any atom is -0.491 e. The number of benzene rings is 2. The average Bonchev–Trinajstić information content (AvgIpc) is 2.61. The Bertz CT molecular complexity index is 776. The third-order valence-electron chi connectivity index (χ3n) is 3.45. The molecule has 1 amide bonds. The Kier molecular flexibility index (Phi) is 6.54. The molecule has 0 aromatic heterocycles. The first-order valence-corrected chi connectivity index (χ1v) is 8.31. The van der Waals surface area contributed by atoms with Crippen molar-refractivity contribution < 1.29 is 19.2 Å². The first kappa shape index (κ1) is 19.2. The number of carbonyl (C=O) groups excluding carboxylic acids is 1. The van der Waals surface area contributed by atoms with Gasteiger partial charge in [0.1, 0.15) is 5.75 Å². The molecule has 0 heterocycles. The van der Waals surface area contributed by atoms with Gasteiger partial charge in [-0.3, -0.25) is 14.9 Å². The van der Waals surface area contributed by atoms with Crippen molar-refractivity contribution in [1.29, 1.82) is 0 Å². The van der Waals surface area contributed by atoms with Gasteiger partial charge in [0, 0.05) is 6.07 Å². The fourth-order valence-electron chi connectivity index (χ4n) is 2.14. The lowest BCUT2D eigenvalue weighted by Gasteiger charge is -2.17. The second-order valence-corrected chi connectivity index (χ2v) is 6.18. The number of rotatable bonds is 8. The van der Waals surface area contributed by atoms with Crippen LogP contribution in [-0.2, 0) is 4.79 Å². The number of amides is 1. The van der Waals surface area contributed by atoms with Crippen LogP contribution in [0.2, 0.25) is 0 Å². The fourth-order valence-corrected chi connectivity index (χ4v) is 2.14. The molecule has 138 valence electrons. The molecule has 2 rings (SSSR count). The Morgan fingerprint density at radius 1 is 1.08 bits per heavy atom. The Morgan fingerprint density at radius 3 is 2.35 bits per heavy atom. The first-order chi connectivity index (χ1) is 12.4. The van der Waals surface area contributed by atoms with Gasteiger partial charge in [-0.2, -0.15) is 0 Å². The summed E-state index contributed by atoms with van der Waals surface area (Å²) in [6.07, 6.45) is -0.922. The van der Waals surface area contributed by atoms with Crippen LogP contribution < -0.4 is 14.8 Å². The van der Waals surface area contributed by atoms with Gasteiger partial charge in [0.25, 0.3) is 5.91 Å². The summed E-state index contributed by atoms with van der Waals surface area (Å²) in [5.41, 5.74) is 0.337. The summed E-state index contributed by atoms with van der Waals surface area (Å²) >= 11 is 0. The van der Waals surface area contributed by atoms with Crippen molar-refractivity contribution >= 4 is 17.3 Å². The smallest absolute Gasteiger partial charge is 0.310 e. The van der Waals surface area contributed by atoms with Crippen molar-refractivity contribution in [3.05, 3.63) is 58.6 Å². The number of para-hydroxylation sites is 4. The van der Waals surface area contributed by atoms with Crippen molar-refractivity contribution in [1.82, 2.24) is 0 Å². The number of hydrogen-bond acceptors (Lipinski definition) is 5. The van der Waals surface area contributed by atoms with E-state index in [4.69, 9.17) is 9.47 Å². The van der Waals surface area contributed by atoms with Gasteiger partial charge in [-0.25, -0.2) is 0 Å². The van der Waals surface area contributed by atoms with Gasteiger partial charge < -0.3 is 14.8 Å². The highest BCUT2D eigenvalue weighted by Gasteiger charge is 2.21. The number of nitrogens with one attached hydrogen (secondary N) is 1. The van der Waals surface area contributed by atoms with E-state index in [0.29, 0.717) is 24.0 Å². The quantitative estimate of drug-likeness (QED) is 0.568. The van der Waals surface area contributed by atoms with Crippen molar-refractivity contribution in [2.75, 3.05) is 11.9 Å². The predicted octanol–water partition coefficient (Wildman–Crippen LogP) is 4.04. The standard InChI is InChI=1S/C19H22N2O5/c1-13(2)12-25-17-10-6-4-8-15(17)20-19(22)14(3)26-18-11-7-5-9-16(18)21(23)24/h4-11,13-14H,12H2,1-3H3,(H,20,22). The SMILES string of the molecule is CC(C)COc1ccccc1NC(=O)C(C)Oc1ccccc1[N+](=O)[O-]. The van der Waals surface area contributed by atoms with Crippen LogP contribution in [0.15, 0.2) is 48.5 Å². The second kappa shape index (κ2) is 8.84. The van der Waals surface area contributed by atoms with E-state index in [-0.39, 0.29) is 11.4 Å². The van der Waals surface area contributed by atoms with E-state index >= 15 is 0 Å². The summed E-state index contributed by atoms with van der Waals surface area (Å²) in [7, 11) is 0. The predicted molar refractivity (Wildman–Crippen MR) is 98.6 cm³/mol. The lowest BCUT2D eigenvalue weighted by Crippen LogP contribution is -2.30. The van der Waals surface area contributed by atoms with Gasteiger partial charge in [0.05, 0.1) is 17.2 Å². The number of nitrogens with zero attached hydrogens (tertiary/aromatic N) is 1. The zero-order valence-corrected chi connectivity index (χ0v) is 15.0. The van der Waals surface area contributed by atoms with Gasteiger partial charge >= 0.3 is 5.69 Å². The summed E-state index contributed by atoms with van der Waals surface area (Å²) in [5.74, 6) is 0.528. The molecule has 0 aliphatic carbocycles. The van der Waals surface area contributed by atoms with E-state index in [1.165, 1.54) is 25.1 Å². The molecular weight excluding hydrogens is 336 g/mol. The van der Waals surface area contributed by atoms with E-state index in [1.807, 2.05) is 19.9 Å². The molecule has 7 heteroatoms. The first-order valence-electron chi connectivity index (χ1n) is 8.31. The zero-order chi connectivity index (χ0) is 19.1. The number of carbonyl (C=O) groups is 1. The molecule has 2 aromatic carbocycles. The topological polar surface area (TPSA) is 90.7 Å². The van der Waals surface area contributed by atoms with E-state index in [0.717, 1.165) is 0 Å². The molecule has 0 fully saturated rings. The summed E-state index contributed by atoms with van der Waals surface area (Å²) in [6.45, 7) is 6.12. The van der Waals surface area contributed by atoms with Crippen LogP contribution in [0.4, 0.5) is 11.4 Å². The lowest BCUT2D eigenvalue weighted by atomic mass is 10.2. The Labute approximate surface area is 152 Å². The summed E-state index contributed by atoms with van der Waals surface area (Å²) < 4.78 is 11.2. The number of nitro benzene ring substituents is 1. The molecule has 0 radical (unpaired) electrons. The summed E-state index contributed by atoms with van der Waals surface area (Å²) in [4.78, 5) is 22.9. The summed E-state index contributed by atoms with van der Waals surface area (Å²) in [5, 5.41) is 13.8. The molecule has 26 heavy (non-hydrogen) atoms. The van der Waals surface area contributed by atoms with Crippen LogP contribution in [0.25, 0.3) is 0 Å². The van der Waals surface area contributed by atoms with Gasteiger partial charge in [0.15, 0.2) is 11.9 Å². The molecule has 0 bridgehead atoms. The van der Waals surface area contributed by atoms with E-state index in [9.17, 15) is 14.9 Å². The highest BCUT2D eigenvalue weighted by atomic mass is 16.6. The van der Waals surface area contributed by atoms with E-state index < -0.39 is 16.9 Å². The normalized spacial score (nSPS) is 11.7. The highest BCUT2D eigenvalue weighted by Crippen LogP contribution is 2.28. The Balaban J connectivity index is 2.07. The average molecular weight is 358 g/mol. The second-order valence-electron chi connectivity index (χ2n) is 6.18. The zero-order valence-electron chi connectivity index (χ0n) is 15.0. The molecule has 0 spiro atoms. The fraction of sp³-hybridized carbons (Fsp3) is 0.316. The number of nitro groups is 1. The van der Waals surface area contributed by atoms with Crippen molar-refractivity contribution in [2.45, 2.75) is 26.9 Å². The number of hydrogen-bond donors (Lipinski definition) is 1. The van der Waals surface area contributed by atoms with E-state index in [1.54, 1.807) is 24.3 Å². The van der Waals surface area contributed by atoms with Crippen LogP contribution in [-0.4, -0.2) is 23.5 Å². The maximum Gasteiger partial charge on any atom is 0.310 e. The Hall–Kier alpha value is -3.09. The van der Waals surface area contributed by atoms with Crippen molar-refractivity contribution in [2.24, 2.45) is 5.92 Å². The third-order valence-corrected chi connectivity index (χ3v) is 3.45. The summed E-state index contributed by atoms with van der Waals surface area (Å²) in [6, 6.07) is 13.0. The molecule has 1 unspecified atom stereocenters.